The fraction of sp³-hybridized carbons (Fsp3) is 0.435. The van der Waals surface area contributed by atoms with E-state index in [4.69, 9.17) is 14.2 Å². The molecule has 1 atom stereocenters. The molecule has 1 amide bonds. The summed E-state index contributed by atoms with van der Waals surface area (Å²) >= 11 is 1.40. The van der Waals surface area contributed by atoms with Gasteiger partial charge in [-0.3, -0.25) is 19.1 Å². The molecule has 0 aliphatic carbocycles. The van der Waals surface area contributed by atoms with E-state index in [9.17, 15) is 9.59 Å². The van der Waals surface area contributed by atoms with Crippen molar-refractivity contribution in [2.45, 2.75) is 19.5 Å². The molecule has 10 heteroatoms. The zero-order chi connectivity index (χ0) is 23.2. The third-order valence-corrected chi connectivity index (χ3v) is 6.44. The second-order valence-corrected chi connectivity index (χ2v) is 8.52. The van der Waals surface area contributed by atoms with Gasteiger partial charge in [-0.1, -0.05) is 6.07 Å². The number of aromatic nitrogens is 2. The van der Waals surface area contributed by atoms with Gasteiger partial charge in [0.05, 0.1) is 44.7 Å². The van der Waals surface area contributed by atoms with Gasteiger partial charge in [-0.2, -0.15) is 0 Å². The van der Waals surface area contributed by atoms with Crippen molar-refractivity contribution in [2.75, 3.05) is 46.6 Å². The average Bonchev–Trinajstić information content (AvgIpc) is 3.32. The molecular weight excluding hydrogens is 444 g/mol. The lowest BCUT2D eigenvalue weighted by atomic mass is 10.0. The minimum absolute atomic E-state index is 0.0726. The number of morpholine rings is 1. The van der Waals surface area contributed by atoms with Crippen molar-refractivity contribution < 1.29 is 19.0 Å². The Morgan fingerprint density at radius 1 is 1.27 bits per heavy atom. The zero-order valence-electron chi connectivity index (χ0n) is 18.8. The maximum atomic E-state index is 12.7. The van der Waals surface area contributed by atoms with E-state index >= 15 is 0 Å². The second kappa shape index (κ2) is 10.8. The van der Waals surface area contributed by atoms with E-state index in [1.54, 1.807) is 13.2 Å². The van der Waals surface area contributed by atoms with Crippen LogP contribution in [-0.4, -0.2) is 66.9 Å². The number of amides is 1. The minimum atomic E-state index is -0.246. The molecule has 0 saturated carbocycles. The third kappa shape index (κ3) is 5.35. The molecule has 1 aliphatic heterocycles. The van der Waals surface area contributed by atoms with Gasteiger partial charge in [0.25, 0.3) is 5.56 Å². The topological polar surface area (TPSA) is 94.9 Å². The first kappa shape index (κ1) is 23.2. The lowest BCUT2D eigenvalue weighted by Crippen LogP contribution is -2.44. The summed E-state index contributed by atoms with van der Waals surface area (Å²) in [5, 5.41) is 5.35. The van der Waals surface area contributed by atoms with Crippen LogP contribution in [0.15, 0.2) is 40.8 Å². The number of hydrogen-bond donors (Lipinski definition) is 1. The molecule has 3 aromatic rings. The molecule has 1 N–H and O–H groups in total. The summed E-state index contributed by atoms with van der Waals surface area (Å²) in [6, 6.07) is 7.51. The normalized spacial score (nSPS) is 15.3. The van der Waals surface area contributed by atoms with Crippen molar-refractivity contribution in [1.29, 1.82) is 0 Å². The highest BCUT2D eigenvalue weighted by atomic mass is 32.1. The van der Waals surface area contributed by atoms with E-state index in [0.717, 1.165) is 18.7 Å². The van der Waals surface area contributed by atoms with Crippen LogP contribution in [-0.2, 0) is 16.1 Å². The van der Waals surface area contributed by atoms with Gasteiger partial charge in [0.15, 0.2) is 11.5 Å². The molecule has 0 radical (unpaired) electrons. The molecule has 2 aromatic heterocycles. The first-order valence-corrected chi connectivity index (χ1v) is 11.8. The summed E-state index contributed by atoms with van der Waals surface area (Å²) in [4.78, 5) is 32.5. The quantitative estimate of drug-likeness (QED) is 0.509. The number of benzene rings is 1. The van der Waals surface area contributed by atoms with E-state index in [1.807, 2.05) is 30.5 Å². The summed E-state index contributed by atoms with van der Waals surface area (Å²) < 4.78 is 18.0. The van der Waals surface area contributed by atoms with Crippen LogP contribution in [0.3, 0.4) is 0 Å². The van der Waals surface area contributed by atoms with E-state index in [1.165, 1.54) is 22.2 Å². The first-order valence-electron chi connectivity index (χ1n) is 10.9. The fourth-order valence-electron chi connectivity index (χ4n) is 3.94. The van der Waals surface area contributed by atoms with Gasteiger partial charge in [-0.15, -0.1) is 11.3 Å². The number of rotatable bonds is 9. The zero-order valence-corrected chi connectivity index (χ0v) is 19.6. The van der Waals surface area contributed by atoms with Crippen LogP contribution in [0.2, 0.25) is 0 Å². The van der Waals surface area contributed by atoms with E-state index in [-0.39, 0.29) is 24.1 Å². The smallest absolute Gasteiger partial charge is 0.262 e. The van der Waals surface area contributed by atoms with Crippen molar-refractivity contribution in [3.05, 3.63) is 51.9 Å². The summed E-state index contributed by atoms with van der Waals surface area (Å²) in [5.74, 6) is 1.09. The van der Waals surface area contributed by atoms with Gasteiger partial charge in [-0.25, -0.2) is 4.98 Å². The molecule has 176 valence electrons. The lowest BCUT2D eigenvalue weighted by Gasteiger charge is -2.35. The van der Waals surface area contributed by atoms with Crippen LogP contribution < -0.4 is 20.3 Å². The van der Waals surface area contributed by atoms with Crippen molar-refractivity contribution in [2.24, 2.45) is 0 Å². The summed E-state index contributed by atoms with van der Waals surface area (Å²) in [7, 11) is 1.61. The molecule has 4 rings (SSSR count). The Bertz CT molecular complexity index is 1160. The SMILES string of the molecule is CCOc1ccc(C(CNC(=O)Cn2cnc3sccc3c2=O)N2CCOCC2)cc1OC. The van der Waals surface area contributed by atoms with Gasteiger partial charge in [-0.05, 0) is 36.1 Å². The van der Waals surface area contributed by atoms with Crippen LogP contribution in [0, 0.1) is 0 Å². The van der Waals surface area contributed by atoms with E-state index < -0.39 is 0 Å². The summed E-state index contributed by atoms with van der Waals surface area (Å²) in [6.07, 6.45) is 1.43. The molecule has 1 saturated heterocycles. The van der Waals surface area contributed by atoms with Gasteiger partial charge in [0, 0.05) is 19.6 Å². The Kier molecular flexibility index (Phi) is 7.58. The van der Waals surface area contributed by atoms with Crippen molar-refractivity contribution in [1.82, 2.24) is 19.8 Å². The highest BCUT2D eigenvalue weighted by molar-refractivity contribution is 7.16. The highest BCUT2D eigenvalue weighted by Gasteiger charge is 2.24. The van der Waals surface area contributed by atoms with Crippen LogP contribution in [0.5, 0.6) is 11.5 Å². The Labute approximate surface area is 195 Å². The van der Waals surface area contributed by atoms with Gasteiger partial charge >= 0.3 is 0 Å². The number of methoxy groups -OCH3 is 1. The highest BCUT2D eigenvalue weighted by Crippen LogP contribution is 2.32. The van der Waals surface area contributed by atoms with Crippen LogP contribution >= 0.6 is 11.3 Å². The van der Waals surface area contributed by atoms with Gasteiger partial charge in [0.1, 0.15) is 11.4 Å². The molecule has 0 bridgehead atoms. The van der Waals surface area contributed by atoms with Crippen molar-refractivity contribution in [3.63, 3.8) is 0 Å². The van der Waals surface area contributed by atoms with E-state index in [0.29, 0.717) is 48.1 Å². The van der Waals surface area contributed by atoms with Gasteiger partial charge < -0.3 is 19.5 Å². The maximum Gasteiger partial charge on any atom is 0.262 e. The van der Waals surface area contributed by atoms with Gasteiger partial charge in [0.2, 0.25) is 5.91 Å². The molecule has 1 aliphatic rings. The predicted molar refractivity (Wildman–Crippen MR) is 126 cm³/mol. The van der Waals surface area contributed by atoms with Crippen LogP contribution in [0.1, 0.15) is 18.5 Å². The Morgan fingerprint density at radius 2 is 2.09 bits per heavy atom. The maximum absolute atomic E-state index is 12.7. The molecule has 1 fully saturated rings. The number of fused-ring (bicyclic) bond motifs is 1. The first-order chi connectivity index (χ1) is 16.1. The van der Waals surface area contributed by atoms with Crippen LogP contribution in [0.25, 0.3) is 10.2 Å². The monoisotopic (exact) mass is 472 g/mol. The fourth-order valence-corrected chi connectivity index (χ4v) is 4.66. The molecule has 0 spiro atoms. The second-order valence-electron chi connectivity index (χ2n) is 7.63. The molecule has 9 nitrogen and oxygen atoms in total. The van der Waals surface area contributed by atoms with Crippen molar-refractivity contribution >= 4 is 27.5 Å². The number of carbonyl (C=O) groups is 1. The Balaban J connectivity index is 1.50. The van der Waals surface area contributed by atoms with Crippen molar-refractivity contribution in [3.8, 4) is 11.5 Å². The number of thiophene rings is 1. The Hall–Kier alpha value is -2.95. The standard InChI is InChI=1S/C23H28N4O5S/c1-3-32-19-5-4-16(12-20(19)30-2)18(26-7-9-31-10-8-26)13-24-21(28)14-27-15-25-22-17(23(27)29)6-11-33-22/h4-6,11-12,15,18H,3,7-10,13-14H2,1-2H3,(H,24,28). The number of ether oxygens (including phenoxy) is 3. The number of carbonyl (C=O) groups excluding carboxylic acids is 1. The lowest BCUT2D eigenvalue weighted by molar-refractivity contribution is -0.122. The largest absolute Gasteiger partial charge is 0.493 e. The number of nitrogens with one attached hydrogen (secondary N) is 1. The Morgan fingerprint density at radius 3 is 2.85 bits per heavy atom. The number of nitrogens with zero attached hydrogens (tertiary/aromatic N) is 3. The molecular formula is C23H28N4O5S. The molecule has 3 heterocycles. The molecule has 1 aromatic carbocycles. The molecule has 1 unspecified atom stereocenters. The predicted octanol–water partition coefficient (Wildman–Crippen LogP) is 2.05. The van der Waals surface area contributed by atoms with Crippen LogP contribution in [0.4, 0.5) is 0 Å². The minimum Gasteiger partial charge on any atom is -0.493 e. The number of hydrogen-bond acceptors (Lipinski definition) is 8. The summed E-state index contributed by atoms with van der Waals surface area (Å²) in [5.41, 5.74) is 0.799. The third-order valence-electron chi connectivity index (χ3n) is 5.62. The average molecular weight is 473 g/mol. The van der Waals surface area contributed by atoms with E-state index in [2.05, 4.69) is 15.2 Å². The summed E-state index contributed by atoms with van der Waals surface area (Å²) in [6.45, 7) is 5.57. The molecule has 33 heavy (non-hydrogen) atoms.